The van der Waals surface area contributed by atoms with Crippen molar-refractivity contribution in [1.82, 2.24) is 5.32 Å². The Labute approximate surface area is 124 Å². The Kier molecular flexibility index (Phi) is 3.61. The Bertz CT molecular complexity index is 482. The van der Waals surface area contributed by atoms with Gasteiger partial charge in [-0.1, -0.05) is 22.9 Å². The number of ether oxygens (including phenoxy) is 1. The van der Waals surface area contributed by atoms with Crippen molar-refractivity contribution < 1.29 is 4.74 Å². The van der Waals surface area contributed by atoms with Crippen LogP contribution in [0.2, 0.25) is 0 Å². The molecule has 0 amide bonds. The molecular formula is C16H22BrNO. The molecular weight excluding hydrogens is 302 g/mol. The highest BCUT2D eigenvalue weighted by Crippen LogP contribution is 2.53. The number of hydrogen-bond donors (Lipinski definition) is 1. The Hall–Kier alpha value is -0.540. The van der Waals surface area contributed by atoms with Gasteiger partial charge in [-0.2, -0.15) is 0 Å². The first-order chi connectivity index (χ1) is 9.14. The minimum absolute atomic E-state index is 0.455. The van der Waals surface area contributed by atoms with Gasteiger partial charge in [-0.3, -0.25) is 0 Å². The maximum atomic E-state index is 5.86. The molecule has 104 valence electrons. The molecule has 1 atom stereocenters. The summed E-state index contributed by atoms with van der Waals surface area (Å²) in [6.07, 6.45) is 4.87. The number of fused-ring (bicyclic) bond motifs is 1. The van der Waals surface area contributed by atoms with Gasteiger partial charge in [-0.05, 0) is 61.4 Å². The topological polar surface area (TPSA) is 21.3 Å². The molecule has 1 aliphatic heterocycles. The lowest BCUT2D eigenvalue weighted by atomic mass is 9.88. The molecule has 1 heterocycles. The van der Waals surface area contributed by atoms with Gasteiger partial charge in [0.05, 0.1) is 6.61 Å². The number of nitrogens with one attached hydrogen (secondary N) is 1. The first-order valence-electron chi connectivity index (χ1n) is 7.32. The van der Waals surface area contributed by atoms with E-state index in [-0.39, 0.29) is 0 Å². The van der Waals surface area contributed by atoms with Crippen LogP contribution < -0.4 is 10.1 Å². The molecule has 1 unspecified atom stereocenters. The van der Waals surface area contributed by atoms with Crippen LogP contribution >= 0.6 is 15.9 Å². The fraction of sp³-hybridized carbons (Fsp3) is 0.625. The van der Waals surface area contributed by atoms with Gasteiger partial charge >= 0.3 is 0 Å². The van der Waals surface area contributed by atoms with E-state index in [1.54, 1.807) is 0 Å². The third-order valence-corrected chi connectivity index (χ3v) is 5.15. The smallest absolute Gasteiger partial charge is 0.125 e. The highest BCUT2D eigenvalue weighted by atomic mass is 79.9. The second-order valence-corrected chi connectivity index (χ2v) is 6.89. The third kappa shape index (κ3) is 2.55. The van der Waals surface area contributed by atoms with Crippen molar-refractivity contribution in [3.63, 3.8) is 0 Å². The third-order valence-electron chi connectivity index (χ3n) is 4.69. The summed E-state index contributed by atoms with van der Waals surface area (Å²) < 4.78 is 7.05. The maximum absolute atomic E-state index is 5.86. The lowest BCUT2D eigenvalue weighted by Crippen LogP contribution is -2.36. The Morgan fingerprint density at radius 1 is 1.42 bits per heavy atom. The van der Waals surface area contributed by atoms with Gasteiger partial charge < -0.3 is 10.1 Å². The fourth-order valence-electron chi connectivity index (χ4n) is 3.30. The van der Waals surface area contributed by atoms with Crippen molar-refractivity contribution in [3.8, 4) is 5.75 Å². The van der Waals surface area contributed by atoms with E-state index >= 15 is 0 Å². The maximum Gasteiger partial charge on any atom is 0.125 e. The van der Waals surface area contributed by atoms with Crippen molar-refractivity contribution in [2.45, 2.75) is 45.6 Å². The summed E-state index contributed by atoms with van der Waals surface area (Å²) in [4.78, 5) is 0. The van der Waals surface area contributed by atoms with E-state index in [2.05, 4.69) is 47.2 Å². The zero-order chi connectivity index (χ0) is 13.5. The summed E-state index contributed by atoms with van der Waals surface area (Å²) in [5.41, 5.74) is 3.22. The van der Waals surface area contributed by atoms with Crippen LogP contribution in [0, 0.1) is 5.41 Å². The average molecular weight is 324 g/mol. The first-order valence-corrected chi connectivity index (χ1v) is 8.11. The summed E-state index contributed by atoms with van der Waals surface area (Å²) >= 11 is 3.64. The normalized spacial score (nSPS) is 20.8. The highest BCUT2D eigenvalue weighted by Gasteiger charge is 2.47. The van der Waals surface area contributed by atoms with E-state index in [0.29, 0.717) is 11.5 Å². The second-order valence-electron chi connectivity index (χ2n) is 5.97. The summed E-state index contributed by atoms with van der Waals surface area (Å²) in [5.74, 6) is 1.16. The zero-order valence-corrected chi connectivity index (χ0v) is 13.3. The second kappa shape index (κ2) is 5.10. The van der Waals surface area contributed by atoms with E-state index in [0.717, 1.165) is 31.7 Å². The molecule has 0 saturated heterocycles. The molecule has 1 fully saturated rings. The van der Waals surface area contributed by atoms with Crippen LogP contribution in [0.4, 0.5) is 0 Å². The van der Waals surface area contributed by atoms with Gasteiger partial charge in [0.1, 0.15) is 5.75 Å². The van der Waals surface area contributed by atoms with E-state index in [9.17, 15) is 0 Å². The van der Waals surface area contributed by atoms with Crippen LogP contribution in [0.3, 0.4) is 0 Å². The van der Waals surface area contributed by atoms with Crippen molar-refractivity contribution in [3.05, 3.63) is 27.7 Å². The predicted octanol–water partition coefficient (Wildman–Crippen LogP) is 3.70. The SMILES string of the molecule is CCNC(C)C1(Cc2cc(Br)cc3c2OCC3)CC1. The number of benzene rings is 1. The van der Waals surface area contributed by atoms with E-state index in [4.69, 9.17) is 4.74 Å². The molecule has 1 aromatic carbocycles. The molecule has 0 bridgehead atoms. The standard InChI is InChI=1S/C16H22BrNO/c1-3-18-11(2)16(5-6-16)10-13-9-14(17)8-12-4-7-19-15(12)13/h8-9,11,18H,3-7,10H2,1-2H3. The van der Waals surface area contributed by atoms with Gasteiger partial charge in [0.25, 0.3) is 0 Å². The van der Waals surface area contributed by atoms with Crippen LogP contribution in [0.25, 0.3) is 0 Å². The molecule has 2 nitrogen and oxygen atoms in total. The molecule has 1 aliphatic carbocycles. The molecule has 1 N–H and O–H groups in total. The molecule has 3 rings (SSSR count). The molecule has 1 saturated carbocycles. The minimum atomic E-state index is 0.455. The molecule has 0 radical (unpaired) electrons. The fourth-order valence-corrected chi connectivity index (χ4v) is 3.86. The zero-order valence-electron chi connectivity index (χ0n) is 11.8. The number of rotatable bonds is 5. The summed E-state index contributed by atoms with van der Waals surface area (Å²) in [6.45, 7) is 6.41. The van der Waals surface area contributed by atoms with E-state index < -0.39 is 0 Å². The minimum Gasteiger partial charge on any atom is -0.493 e. The van der Waals surface area contributed by atoms with Gasteiger partial charge in [0.15, 0.2) is 0 Å². The first kappa shape index (κ1) is 13.4. The largest absolute Gasteiger partial charge is 0.493 e. The molecule has 3 heteroatoms. The summed E-state index contributed by atoms with van der Waals surface area (Å²) in [6, 6.07) is 5.05. The molecule has 2 aliphatic rings. The Balaban J connectivity index is 1.84. The van der Waals surface area contributed by atoms with Crippen LogP contribution in [0.1, 0.15) is 37.8 Å². The Morgan fingerprint density at radius 3 is 2.89 bits per heavy atom. The van der Waals surface area contributed by atoms with Crippen LogP contribution in [-0.2, 0) is 12.8 Å². The lowest BCUT2D eigenvalue weighted by Gasteiger charge is -2.25. The quantitative estimate of drug-likeness (QED) is 0.892. The summed E-state index contributed by atoms with van der Waals surface area (Å²) in [7, 11) is 0. The van der Waals surface area contributed by atoms with Crippen molar-refractivity contribution >= 4 is 15.9 Å². The van der Waals surface area contributed by atoms with Crippen LogP contribution in [-0.4, -0.2) is 19.2 Å². The van der Waals surface area contributed by atoms with Gasteiger partial charge in [0.2, 0.25) is 0 Å². The van der Waals surface area contributed by atoms with Crippen LogP contribution in [0.5, 0.6) is 5.75 Å². The van der Waals surface area contributed by atoms with Crippen molar-refractivity contribution in [2.24, 2.45) is 5.41 Å². The van der Waals surface area contributed by atoms with E-state index in [1.165, 1.54) is 28.4 Å². The predicted molar refractivity (Wildman–Crippen MR) is 81.9 cm³/mol. The Morgan fingerprint density at radius 2 is 2.21 bits per heavy atom. The van der Waals surface area contributed by atoms with Crippen LogP contribution in [0.15, 0.2) is 16.6 Å². The van der Waals surface area contributed by atoms with Gasteiger partial charge in [-0.25, -0.2) is 0 Å². The molecule has 1 aromatic rings. The highest BCUT2D eigenvalue weighted by molar-refractivity contribution is 9.10. The van der Waals surface area contributed by atoms with E-state index in [1.807, 2.05) is 0 Å². The molecule has 0 aromatic heterocycles. The van der Waals surface area contributed by atoms with Crippen molar-refractivity contribution in [1.29, 1.82) is 0 Å². The number of halogens is 1. The average Bonchev–Trinajstić information content (AvgIpc) is 2.99. The molecule has 0 spiro atoms. The van der Waals surface area contributed by atoms with Gasteiger partial charge in [0, 0.05) is 16.9 Å². The number of hydrogen-bond acceptors (Lipinski definition) is 2. The lowest BCUT2D eigenvalue weighted by molar-refractivity contribution is 0.332. The van der Waals surface area contributed by atoms with Gasteiger partial charge in [-0.15, -0.1) is 0 Å². The van der Waals surface area contributed by atoms with Crippen molar-refractivity contribution in [2.75, 3.05) is 13.2 Å². The molecule has 19 heavy (non-hydrogen) atoms. The summed E-state index contributed by atoms with van der Waals surface area (Å²) in [5, 5.41) is 3.60. The monoisotopic (exact) mass is 323 g/mol.